The van der Waals surface area contributed by atoms with Gasteiger partial charge in [-0.25, -0.2) is 24.5 Å². The third-order valence-corrected chi connectivity index (χ3v) is 4.49. The van der Waals surface area contributed by atoms with E-state index in [1.807, 2.05) is 30.3 Å². The zero-order valence-corrected chi connectivity index (χ0v) is 19.6. The smallest absolute Gasteiger partial charge is 0.408 e. The average molecular weight is 480 g/mol. The van der Waals surface area contributed by atoms with E-state index in [1.165, 1.54) is 18.8 Å². The molecule has 1 N–H and O–H groups in total. The topological polar surface area (TPSA) is 143 Å². The van der Waals surface area contributed by atoms with E-state index in [4.69, 9.17) is 22.7 Å². The number of aromatic nitrogens is 3. The first-order valence-corrected chi connectivity index (χ1v) is 10.8. The first-order valence-electron chi connectivity index (χ1n) is 10.8. The number of alkyl carbamates (subject to hydrolysis) is 1. The lowest BCUT2D eigenvalue weighted by Crippen LogP contribution is -2.34. The Bertz CT molecular complexity index is 1300. The van der Waals surface area contributed by atoms with Crippen molar-refractivity contribution in [3.05, 3.63) is 66.3 Å². The van der Waals surface area contributed by atoms with E-state index in [1.54, 1.807) is 27.7 Å². The third-order valence-electron chi connectivity index (χ3n) is 4.49. The number of hydrogen-bond acceptors (Lipinski definition) is 10. The molecule has 0 fully saturated rings. The van der Waals surface area contributed by atoms with Gasteiger partial charge < -0.3 is 28.0 Å². The van der Waals surface area contributed by atoms with Crippen molar-refractivity contribution in [3.8, 4) is 23.2 Å². The normalized spacial score (nSPS) is 12.2. The van der Waals surface area contributed by atoms with Crippen LogP contribution in [0.25, 0.3) is 23.2 Å². The van der Waals surface area contributed by atoms with Gasteiger partial charge in [0.25, 0.3) is 0 Å². The van der Waals surface area contributed by atoms with Gasteiger partial charge in [0.1, 0.15) is 37.0 Å². The maximum absolute atomic E-state index is 12.3. The van der Waals surface area contributed by atoms with E-state index in [0.29, 0.717) is 5.69 Å². The Balaban J connectivity index is 1.38. The van der Waals surface area contributed by atoms with Crippen molar-refractivity contribution in [3.63, 3.8) is 0 Å². The van der Waals surface area contributed by atoms with E-state index in [2.05, 4.69) is 20.3 Å². The molecule has 0 aliphatic heterocycles. The van der Waals surface area contributed by atoms with Crippen LogP contribution in [0.3, 0.4) is 0 Å². The number of esters is 1. The molecule has 1 unspecified atom stereocenters. The summed E-state index contributed by atoms with van der Waals surface area (Å²) in [7, 11) is 0. The summed E-state index contributed by atoms with van der Waals surface area (Å²) in [6.07, 6.45) is 3.26. The number of ether oxygens (including phenoxy) is 2. The number of carbonyl (C=O) groups excluding carboxylic acids is 2. The van der Waals surface area contributed by atoms with Gasteiger partial charge in [-0.2, -0.15) is 0 Å². The summed E-state index contributed by atoms with van der Waals surface area (Å²) in [4.78, 5) is 36.9. The van der Waals surface area contributed by atoms with Crippen LogP contribution in [0.15, 0.2) is 62.4 Å². The molecule has 0 saturated carbocycles. The summed E-state index contributed by atoms with van der Waals surface area (Å²) in [6.45, 7) is 7.12. The second-order valence-electron chi connectivity index (χ2n) is 8.58. The molecule has 0 spiro atoms. The summed E-state index contributed by atoms with van der Waals surface area (Å²) in [5.74, 6) is -0.161. The standard InChI is InChI=1S/C24H24N4O7/c1-14(25-23(30)35-24(2,3)4)19-26-16(11-31-19)20-27-17(12-32-20)21-28-18(13-33-21)22(29)34-10-15-8-6-5-7-9-15/h5-9,11-14H,10H2,1-4H3,(H,25,30). The molecule has 4 aromatic rings. The number of oxazole rings is 3. The molecular weight excluding hydrogens is 456 g/mol. The van der Waals surface area contributed by atoms with E-state index in [0.717, 1.165) is 5.56 Å². The molecule has 0 aliphatic carbocycles. The maximum atomic E-state index is 12.3. The highest BCUT2D eigenvalue weighted by molar-refractivity contribution is 5.87. The Kier molecular flexibility index (Phi) is 6.67. The van der Waals surface area contributed by atoms with Gasteiger partial charge in [0.15, 0.2) is 17.1 Å². The summed E-state index contributed by atoms with van der Waals surface area (Å²) in [5, 5.41) is 2.65. The molecule has 0 aliphatic rings. The fraction of sp³-hybridized carbons (Fsp3) is 0.292. The van der Waals surface area contributed by atoms with Gasteiger partial charge in [0, 0.05) is 0 Å². The number of rotatable bonds is 7. The first kappa shape index (κ1) is 23.7. The first-order chi connectivity index (χ1) is 16.7. The van der Waals surface area contributed by atoms with Crippen LogP contribution in [0, 0.1) is 0 Å². The lowest BCUT2D eigenvalue weighted by molar-refractivity contribution is 0.0463. The second kappa shape index (κ2) is 9.84. The SMILES string of the molecule is CC(NC(=O)OC(C)(C)C)c1nc(-c2nc(-c3nc(C(=O)OCc4ccccc4)co3)co2)co1. The number of hydrogen-bond donors (Lipinski definition) is 1. The van der Waals surface area contributed by atoms with E-state index in [9.17, 15) is 9.59 Å². The van der Waals surface area contributed by atoms with Crippen molar-refractivity contribution in [1.29, 1.82) is 0 Å². The maximum Gasteiger partial charge on any atom is 0.408 e. The van der Waals surface area contributed by atoms with Crippen molar-refractivity contribution in [2.24, 2.45) is 0 Å². The average Bonchev–Trinajstić information content (AvgIpc) is 3.56. The van der Waals surface area contributed by atoms with Crippen molar-refractivity contribution >= 4 is 12.1 Å². The Morgan fingerprint density at radius 1 is 0.943 bits per heavy atom. The van der Waals surface area contributed by atoms with Gasteiger partial charge in [0.2, 0.25) is 17.7 Å². The number of nitrogens with zero attached hydrogens (tertiary/aromatic N) is 3. The van der Waals surface area contributed by atoms with Crippen LogP contribution in [0.1, 0.15) is 55.7 Å². The Hall–Kier alpha value is -4.41. The molecule has 0 radical (unpaired) electrons. The predicted octanol–water partition coefficient (Wildman–Crippen LogP) is 4.93. The molecule has 0 bridgehead atoms. The largest absolute Gasteiger partial charge is 0.456 e. The monoisotopic (exact) mass is 480 g/mol. The Morgan fingerprint density at radius 3 is 2.34 bits per heavy atom. The number of amides is 1. The summed E-state index contributed by atoms with van der Waals surface area (Å²) < 4.78 is 26.7. The van der Waals surface area contributed by atoms with Crippen LogP contribution in [-0.4, -0.2) is 32.6 Å². The van der Waals surface area contributed by atoms with Crippen LogP contribution in [-0.2, 0) is 16.1 Å². The Morgan fingerprint density at radius 2 is 1.60 bits per heavy atom. The van der Waals surface area contributed by atoms with Gasteiger partial charge in [-0.15, -0.1) is 0 Å². The van der Waals surface area contributed by atoms with Gasteiger partial charge in [-0.3, -0.25) is 0 Å². The molecule has 0 saturated heterocycles. The molecule has 11 nitrogen and oxygen atoms in total. The van der Waals surface area contributed by atoms with Gasteiger partial charge in [-0.1, -0.05) is 30.3 Å². The van der Waals surface area contributed by atoms with Crippen molar-refractivity contribution < 1.29 is 32.3 Å². The molecule has 182 valence electrons. The Labute approximate surface area is 200 Å². The van der Waals surface area contributed by atoms with Gasteiger partial charge >= 0.3 is 12.1 Å². The lowest BCUT2D eigenvalue weighted by Gasteiger charge is -2.20. The lowest BCUT2D eigenvalue weighted by atomic mass is 10.2. The molecule has 1 atom stereocenters. The fourth-order valence-electron chi connectivity index (χ4n) is 2.90. The van der Waals surface area contributed by atoms with Crippen LogP contribution >= 0.6 is 0 Å². The molecular formula is C24H24N4O7. The van der Waals surface area contributed by atoms with Crippen LogP contribution in [0.4, 0.5) is 4.79 Å². The molecule has 3 heterocycles. The minimum atomic E-state index is -0.627. The summed E-state index contributed by atoms with van der Waals surface area (Å²) in [5.41, 5.74) is 0.794. The number of carbonyl (C=O) groups is 2. The quantitative estimate of drug-likeness (QED) is 0.362. The number of benzene rings is 1. The second-order valence-corrected chi connectivity index (χ2v) is 8.58. The molecule has 35 heavy (non-hydrogen) atoms. The molecule has 1 amide bonds. The highest BCUT2D eigenvalue weighted by Crippen LogP contribution is 2.25. The van der Waals surface area contributed by atoms with Crippen molar-refractivity contribution in [2.75, 3.05) is 0 Å². The minimum absolute atomic E-state index is 0.00578. The molecule has 1 aromatic carbocycles. The minimum Gasteiger partial charge on any atom is -0.456 e. The molecule has 11 heteroatoms. The number of nitrogens with one attached hydrogen (secondary N) is 1. The highest BCUT2D eigenvalue weighted by atomic mass is 16.6. The van der Waals surface area contributed by atoms with E-state index in [-0.39, 0.29) is 35.7 Å². The predicted molar refractivity (Wildman–Crippen MR) is 121 cm³/mol. The summed E-state index contributed by atoms with van der Waals surface area (Å²) in [6, 6.07) is 8.74. The summed E-state index contributed by atoms with van der Waals surface area (Å²) >= 11 is 0. The van der Waals surface area contributed by atoms with Crippen molar-refractivity contribution in [2.45, 2.75) is 45.9 Å². The van der Waals surface area contributed by atoms with Gasteiger partial charge in [-0.05, 0) is 33.3 Å². The van der Waals surface area contributed by atoms with E-state index >= 15 is 0 Å². The fourth-order valence-corrected chi connectivity index (χ4v) is 2.90. The molecule has 4 rings (SSSR count). The van der Waals surface area contributed by atoms with Gasteiger partial charge in [0.05, 0.1) is 0 Å². The van der Waals surface area contributed by atoms with Crippen LogP contribution in [0.5, 0.6) is 0 Å². The zero-order chi connectivity index (χ0) is 25.0. The van der Waals surface area contributed by atoms with Crippen molar-refractivity contribution in [1.82, 2.24) is 20.3 Å². The zero-order valence-electron chi connectivity index (χ0n) is 19.6. The third kappa shape index (κ3) is 6.14. The highest BCUT2D eigenvalue weighted by Gasteiger charge is 2.23. The van der Waals surface area contributed by atoms with Crippen LogP contribution < -0.4 is 5.32 Å². The van der Waals surface area contributed by atoms with Crippen LogP contribution in [0.2, 0.25) is 0 Å². The molecule has 3 aromatic heterocycles. The van der Waals surface area contributed by atoms with E-state index < -0.39 is 23.7 Å².